The summed E-state index contributed by atoms with van der Waals surface area (Å²) in [4.78, 5) is 14.2. The van der Waals surface area contributed by atoms with Crippen molar-refractivity contribution in [1.29, 1.82) is 0 Å². The second-order valence-corrected chi connectivity index (χ2v) is 8.08. The van der Waals surface area contributed by atoms with E-state index >= 15 is 0 Å². The fourth-order valence-electron chi connectivity index (χ4n) is 3.05. The Bertz CT molecular complexity index is 449. The molecule has 20 heavy (non-hydrogen) atoms. The number of hydrogen-bond acceptors (Lipinski definition) is 5. The molecule has 1 aliphatic heterocycles. The van der Waals surface area contributed by atoms with Crippen LogP contribution in [0.25, 0.3) is 0 Å². The first kappa shape index (κ1) is 15.7. The molecule has 1 saturated carbocycles. The maximum atomic E-state index is 12.4. The SMILES string of the molecule is CS(=O)(=O)CCC(N)C(=O)N1CCOC2CCCCC21. The minimum absolute atomic E-state index is 0.0433. The summed E-state index contributed by atoms with van der Waals surface area (Å²) in [6.45, 7) is 1.11. The lowest BCUT2D eigenvalue weighted by Gasteiger charge is -2.44. The van der Waals surface area contributed by atoms with E-state index < -0.39 is 15.9 Å². The summed E-state index contributed by atoms with van der Waals surface area (Å²) in [6.07, 6.45) is 5.67. The summed E-state index contributed by atoms with van der Waals surface area (Å²) >= 11 is 0. The van der Waals surface area contributed by atoms with Gasteiger partial charge in [0.15, 0.2) is 0 Å². The first-order valence-electron chi connectivity index (χ1n) is 7.24. The van der Waals surface area contributed by atoms with Crippen LogP contribution in [0.2, 0.25) is 0 Å². The highest BCUT2D eigenvalue weighted by Gasteiger charge is 2.38. The summed E-state index contributed by atoms with van der Waals surface area (Å²) in [5.41, 5.74) is 5.88. The van der Waals surface area contributed by atoms with Crippen LogP contribution >= 0.6 is 0 Å². The van der Waals surface area contributed by atoms with E-state index in [9.17, 15) is 13.2 Å². The van der Waals surface area contributed by atoms with E-state index in [-0.39, 0.29) is 30.2 Å². The molecule has 0 aromatic rings. The fourth-order valence-corrected chi connectivity index (χ4v) is 3.73. The number of rotatable bonds is 4. The molecule has 7 heteroatoms. The zero-order chi connectivity index (χ0) is 14.8. The van der Waals surface area contributed by atoms with Gasteiger partial charge in [-0.15, -0.1) is 0 Å². The molecule has 0 radical (unpaired) electrons. The van der Waals surface area contributed by atoms with Gasteiger partial charge in [0.05, 0.1) is 30.5 Å². The van der Waals surface area contributed by atoms with Crippen molar-refractivity contribution in [2.75, 3.05) is 25.2 Å². The van der Waals surface area contributed by atoms with Gasteiger partial charge in [-0.25, -0.2) is 8.42 Å². The Balaban J connectivity index is 1.96. The smallest absolute Gasteiger partial charge is 0.239 e. The van der Waals surface area contributed by atoms with E-state index in [1.807, 2.05) is 4.90 Å². The summed E-state index contributed by atoms with van der Waals surface area (Å²) in [7, 11) is -3.08. The van der Waals surface area contributed by atoms with Gasteiger partial charge in [0.1, 0.15) is 9.84 Å². The average molecular weight is 304 g/mol. The summed E-state index contributed by atoms with van der Waals surface area (Å²) < 4.78 is 28.0. The molecule has 2 N–H and O–H groups in total. The normalized spacial score (nSPS) is 28.8. The Hall–Kier alpha value is -0.660. The average Bonchev–Trinajstić information content (AvgIpc) is 2.42. The molecule has 2 rings (SSSR count). The number of nitrogens with two attached hydrogens (primary N) is 1. The first-order valence-corrected chi connectivity index (χ1v) is 9.30. The van der Waals surface area contributed by atoms with Crippen LogP contribution in [0.5, 0.6) is 0 Å². The predicted octanol–water partition coefficient (Wildman–Crippen LogP) is -0.0816. The van der Waals surface area contributed by atoms with Gasteiger partial charge in [-0.3, -0.25) is 4.79 Å². The lowest BCUT2D eigenvalue weighted by Crippen LogP contribution is -2.58. The van der Waals surface area contributed by atoms with Crippen molar-refractivity contribution >= 4 is 15.7 Å². The zero-order valence-electron chi connectivity index (χ0n) is 12.0. The minimum Gasteiger partial charge on any atom is -0.374 e. The molecule has 1 saturated heterocycles. The number of sulfone groups is 1. The van der Waals surface area contributed by atoms with Gasteiger partial charge in [0.2, 0.25) is 5.91 Å². The van der Waals surface area contributed by atoms with Crippen LogP contribution in [0.4, 0.5) is 0 Å². The summed E-state index contributed by atoms with van der Waals surface area (Å²) in [6, 6.07) is -0.611. The molecule has 2 aliphatic rings. The molecule has 0 aromatic heterocycles. The van der Waals surface area contributed by atoms with Gasteiger partial charge in [0.25, 0.3) is 0 Å². The number of fused-ring (bicyclic) bond motifs is 1. The molecule has 0 bridgehead atoms. The molecule has 116 valence electrons. The van der Waals surface area contributed by atoms with E-state index in [1.165, 1.54) is 0 Å². The molecule has 6 nitrogen and oxygen atoms in total. The van der Waals surface area contributed by atoms with Crippen LogP contribution in [0.1, 0.15) is 32.1 Å². The van der Waals surface area contributed by atoms with Gasteiger partial charge in [0, 0.05) is 12.8 Å². The second-order valence-electron chi connectivity index (χ2n) is 5.82. The van der Waals surface area contributed by atoms with Crippen molar-refractivity contribution in [3.63, 3.8) is 0 Å². The molecule has 3 unspecified atom stereocenters. The van der Waals surface area contributed by atoms with Crippen LogP contribution in [-0.4, -0.2) is 62.6 Å². The third-order valence-electron chi connectivity index (χ3n) is 4.13. The van der Waals surface area contributed by atoms with Crippen LogP contribution in [-0.2, 0) is 19.4 Å². The van der Waals surface area contributed by atoms with E-state index in [4.69, 9.17) is 10.5 Å². The highest BCUT2D eigenvalue weighted by molar-refractivity contribution is 7.90. The van der Waals surface area contributed by atoms with Crippen LogP contribution in [0.15, 0.2) is 0 Å². The lowest BCUT2D eigenvalue weighted by atomic mass is 9.89. The second kappa shape index (κ2) is 6.41. The van der Waals surface area contributed by atoms with Crippen LogP contribution in [0, 0.1) is 0 Å². The van der Waals surface area contributed by atoms with Crippen molar-refractivity contribution in [1.82, 2.24) is 4.90 Å². The monoisotopic (exact) mass is 304 g/mol. The fraction of sp³-hybridized carbons (Fsp3) is 0.923. The quantitative estimate of drug-likeness (QED) is 0.784. The largest absolute Gasteiger partial charge is 0.374 e. The Morgan fingerprint density at radius 3 is 2.80 bits per heavy atom. The summed E-state index contributed by atoms with van der Waals surface area (Å²) in [5.74, 6) is -0.174. The molecular formula is C13H24N2O4S. The molecule has 1 amide bonds. The van der Waals surface area contributed by atoms with Crippen molar-refractivity contribution in [3.05, 3.63) is 0 Å². The molecule has 0 aromatic carbocycles. The zero-order valence-corrected chi connectivity index (χ0v) is 12.8. The van der Waals surface area contributed by atoms with Crippen LogP contribution < -0.4 is 5.73 Å². The predicted molar refractivity (Wildman–Crippen MR) is 76.0 cm³/mol. The minimum atomic E-state index is -3.08. The van der Waals surface area contributed by atoms with E-state index in [0.29, 0.717) is 13.2 Å². The number of carbonyl (C=O) groups excluding carboxylic acids is 1. The van der Waals surface area contributed by atoms with Crippen molar-refractivity contribution < 1.29 is 17.9 Å². The summed E-state index contributed by atoms with van der Waals surface area (Å²) in [5, 5.41) is 0. The molecule has 2 fully saturated rings. The van der Waals surface area contributed by atoms with Crippen molar-refractivity contribution in [2.45, 2.75) is 50.3 Å². The Morgan fingerprint density at radius 2 is 2.10 bits per heavy atom. The molecular weight excluding hydrogens is 280 g/mol. The highest BCUT2D eigenvalue weighted by atomic mass is 32.2. The molecule has 1 aliphatic carbocycles. The van der Waals surface area contributed by atoms with Crippen molar-refractivity contribution in [2.24, 2.45) is 5.73 Å². The van der Waals surface area contributed by atoms with Crippen molar-refractivity contribution in [3.8, 4) is 0 Å². The third-order valence-corrected chi connectivity index (χ3v) is 5.11. The number of carbonyl (C=O) groups is 1. The number of morpholine rings is 1. The van der Waals surface area contributed by atoms with E-state index in [2.05, 4.69) is 0 Å². The Labute approximate surface area is 120 Å². The first-order chi connectivity index (χ1) is 9.38. The topological polar surface area (TPSA) is 89.7 Å². The number of nitrogens with zero attached hydrogens (tertiary/aromatic N) is 1. The van der Waals surface area contributed by atoms with E-state index in [0.717, 1.165) is 31.9 Å². The molecule has 1 heterocycles. The Morgan fingerprint density at radius 1 is 1.40 bits per heavy atom. The number of ether oxygens (including phenoxy) is 1. The molecule has 0 spiro atoms. The number of amides is 1. The maximum absolute atomic E-state index is 12.4. The number of hydrogen-bond donors (Lipinski definition) is 1. The third kappa shape index (κ3) is 3.93. The van der Waals surface area contributed by atoms with Gasteiger partial charge >= 0.3 is 0 Å². The highest BCUT2D eigenvalue weighted by Crippen LogP contribution is 2.28. The van der Waals surface area contributed by atoms with Gasteiger partial charge in [-0.2, -0.15) is 0 Å². The molecule has 3 atom stereocenters. The lowest BCUT2D eigenvalue weighted by molar-refractivity contribution is -0.150. The van der Waals surface area contributed by atoms with Crippen LogP contribution in [0.3, 0.4) is 0 Å². The van der Waals surface area contributed by atoms with Gasteiger partial charge < -0.3 is 15.4 Å². The maximum Gasteiger partial charge on any atom is 0.239 e. The standard InChI is InChI=1S/C13H24N2O4S/c1-20(17,18)9-6-10(14)13(16)15-7-8-19-12-5-3-2-4-11(12)15/h10-12H,2-9,14H2,1H3. The Kier molecular flexibility index (Phi) is 5.04. The van der Waals surface area contributed by atoms with Gasteiger partial charge in [-0.05, 0) is 19.3 Å². The van der Waals surface area contributed by atoms with E-state index in [1.54, 1.807) is 0 Å². The van der Waals surface area contributed by atoms with Gasteiger partial charge in [-0.1, -0.05) is 12.8 Å².